The van der Waals surface area contributed by atoms with Crippen molar-refractivity contribution < 1.29 is 0 Å². The molecule has 0 spiro atoms. The number of H-pyrrole nitrogens is 1. The lowest BCUT2D eigenvalue weighted by Gasteiger charge is -2.09. The highest BCUT2D eigenvalue weighted by molar-refractivity contribution is 7.80. The molecule has 7 nitrogen and oxygen atoms in total. The summed E-state index contributed by atoms with van der Waals surface area (Å²) in [5.41, 5.74) is 4.33. The van der Waals surface area contributed by atoms with Crippen molar-refractivity contribution in [1.82, 2.24) is 35.4 Å². The number of hydrogen-bond donors (Lipinski definition) is 2. The Morgan fingerprint density at radius 3 is 2.57 bits per heavy atom. The molecule has 4 aromatic rings. The summed E-state index contributed by atoms with van der Waals surface area (Å²) in [5, 5.41) is 18.9. The van der Waals surface area contributed by atoms with Gasteiger partial charge in [-0.25, -0.2) is 14.8 Å². The van der Waals surface area contributed by atoms with Gasteiger partial charge in [-0.05, 0) is 39.3 Å². The molecule has 0 atom stereocenters. The van der Waals surface area contributed by atoms with Gasteiger partial charge >= 0.3 is 0 Å². The molecule has 0 saturated heterocycles. The first-order valence-corrected chi connectivity index (χ1v) is 10.5. The van der Waals surface area contributed by atoms with E-state index in [1.165, 1.54) is 5.56 Å². The molecule has 0 aliphatic heterocycles. The molecular weight excluding hydrogens is 394 g/mol. The predicted molar refractivity (Wildman–Crippen MR) is 120 cm³/mol. The van der Waals surface area contributed by atoms with E-state index in [2.05, 4.69) is 75.3 Å². The third-order valence-electron chi connectivity index (χ3n) is 4.83. The Balaban J connectivity index is 1.58. The highest BCUT2D eigenvalue weighted by Gasteiger charge is 2.12. The highest BCUT2D eigenvalue weighted by atomic mass is 32.1. The minimum atomic E-state index is 0.654. The minimum absolute atomic E-state index is 0.654. The zero-order valence-corrected chi connectivity index (χ0v) is 17.5. The van der Waals surface area contributed by atoms with E-state index < -0.39 is 0 Å². The fourth-order valence-electron chi connectivity index (χ4n) is 3.35. The lowest BCUT2D eigenvalue weighted by atomic mass is 9.98. The SMILES string of the molecule is C=CCCn1nc(CCS)nc1Cc1ccc(-c2ccccc2-c2nnn[nH]2)cc1. The number of allylic oxidation sites excluding steroid dienone is 1. The molecule has 152 valence electrons. The Bertz CT molecular complexity index is 1100. The van der Waals surface area contributed by atoms with Crippen molar-refractivity contribution in [2.45, 2.75) is 25.8 Å². The summed E-state index contributed by atoms with van der Waals surface area (Å²) < 4.78 is 1.99. The summed E-state index contributed by atoms with van der Waals surface area (Å²) in [6, 6.07) is 16.6. The number of thiol groups is 1. The third-order valence-corrected chi connectivity index (χ3v) is 5.05. The van der Waals surface area contributed by atoms with Gasteiger partial charge in [0.05, 0.1) is 0 Å². The summed E-state index contributed by atoms with van der Waals surface area (Å²) >= 11 is 4.30. The smallest absolute Gasteiger partial charge is 0.180 e. The molecular formula is C22H23N7S. The van der Waals surface area contributed by atoms with Crippen LogP contribution >= 0.6 is 12.6 Å². The molecule has 0 fully saturated rings. The maximum Gasteiger partial charge on any atom is 0.180 e. The molecule has 2 aromatic carbocycles. The Labute approximate surface area is 180 Å². The van der Waals surface area contributed by atoms with Crippen molar-refractivity contribution in [2.24, 2.45) is 0 Å². The molecule has 0 saturated carbocycles. The molecule has 0 unspecified atom stereocenters. The Hall–Kier alpha value is -3.26. The van der Waals surface area contributed by atoms with Crippen molar-refractivity contribution in [2.75, 3.05) is 5.75 Å². The van der Waals surface area contributed by atoms with Gasteiger partial charge in [-0.15, -0.1) is 11.7 Å². The van der Waals surface area contributed by atoms with Crippen LogP contribution in [-0.4, -0.2) is 41.1 Å². The normalized spacial score (nSPS) is 11.0. The molecule has 30 heavy (non-hydrogen) atoms. The van der Waals surface area contributed by atoms with Gasteiger partial charge in [-0.2, -0.15) is 17.7 Å². The number of benzene rings is 2. The van der Waals surface area contributed by atoms with Crippen LogP contribution < -0.4 is 0 Å². The number of rotatable bonds is 9. The monoisotopic (exact) mass is 417 g/mol. The first-order chi connectivity index (χ1) is 14.8. The second kappa shape index (κ2) is 9.49. The van der Waals surface area contributed by atoms with E-state index in [0.717, 1.165) is 59.9 Å². The van der Waals surface area contributed by atoms with E-state index in [0.29, 0.717) is 5.82 Å². The van der Waals surface area contributed by atoms with Gasteiger partial charge in [-0.1, -0.05) is 54.6 Å². The molecule has 2 aromatic heterocycles. The van der Waals surface area contributed by atoms with Crippen LogP contribution in [0.4, 0.5) is 0 Å². The highest BCUT2D eigenvalue weighted by Crippen LogP contribution is 2.29. The Kier molecular flexibility index (Phi) is 6.34. The second-order valence-corrected chi connectivity index (χ2v) is 7.33. The fraction of sp³-hybridized carbons (Fsp3) is 0.227. The molecule has 0 aliphatic carbocycles. The van der Waals surface area contributed by atoms with Gasteiger partial charge in [-0.3, -0.25) is 0 Å². The van der Waals surface area contributed by atoms with Gasteiger partial charge in [0.15, 0.2) is 11.6 Å². The molecule has 8 heteroatoms. The Morgan fingerprint density at radius 2 is 1.87 bits per heavy atom. The number of aryl methyl sites for hydroxylation is 2. The van der Waals surface area contributed by atoms with Crippen LogP contribution in [0.25, 0.3) is 22.5 Å². The van der Waals surface area contributed by atoms with Crippen LogP contribution in [0.1, 0.15) is 23.6 Å². The predicted octanol–water partition coefficient (Wildman–Crippen LogP) is 3.76. The Morgan fingerprint density at radius 1 is 1.07 bits per heavy atom. The number of hydrogen-bond acceptors (Lipinski definition) is 6. The summed E-state index contributed by atoms with van der Waals surface area (Å²) in [5.74, 6) is 3.20. The van der Waals surface area contributed by atoms with E-state index in [-0.39, 0.29) is 0 Å². The standard InChI is InChI=1S/C22H23N7S/c1-2-3-13-29-21(23-20(26-29)12-14-30)15-16-8-10-17(11-9-16)18-6-4-5-7-19(18)22-24-27-28-25-22/h2,4-11,30H,1,3,12-15H2,(H,24,25,27,28). The van der Waals surface area contributed by atoms with Crippen molar-refractivity contribution >= 4 is 12.6 Å². The quantitative estimate of drug-likeness (QED) is 0.320. The zero-order valence-electron chi connectivity index (χ0n) is 16.6. The molecule has 0 amide bonds. The molecule has 4 rings (SSSR count). The van der Waals surface area contributed by atoms with Crippen LogP contribution in [0.5, 0.6) is 0 Å². The number of nitrogens with one attached hydrogen (secondary N) is 1. The fourth-order valence-corrected chi connectivity index (χ4v) is 3.55. The topological polar surface area (TPSA) is 85.2 Å². The van der Waals surface area contributed by atoms with Crippen LogP contribution in [-0.2, 0) is 19.4 Å². The molecule has 0 radical (unpaired) electrons. The van der Waals surface area contributed by atoms with Crippen LogP contribution in [0.3, 0.4) is 0 Å². The average molecular weight is 418 g/mol. The van der Waals surface area contributed by atoms with Crippen molar-refractivity contribution in [3.05, 3.63) is 78.4 Å². The minimum Gasteiger partial charge on any atom is -0.249 e. The van der Waals surface area contributed by atoms with E-state index in [9.17, 15) is 0 Å². The van der Waals surface area contributed by atoms with Gasteiger partial charge in [0.25, 0.3) is 0 Å². The lowest BCUT2D eigenvalue weighted by Crippen LogP contribution is -2.06. The molecule has 2 heterocycles. The maximum atomic E-state index is 4.72. The summed E-state index contributed by atoms with van der Waals surface area (Å²) in [7, 11) is 0. The summed E-state index contributed by atoms with van der Waals surface area (Å²) in [4.78, 5) is 4.72. The average Bonchev–Trinajstić information content (AvgIpc) is 3.44. The van der Waals surface area contributed by atoms with Crippen LogP contribution in [0.15, 0.2) is 61.2 Å². The third kappa shape index (κ3) is 4.49. The number of aromatic amines is 1. The van der Waals surface area contributed by atoms with Crippen molar-refractivity contribution in [1.29, 1.82) is 0 Å². The van der Waals surface area contributed by atoms with Gasteiger partial charge in [0.1, 0.15) is 5.82 Å². The second-order valence-electron chi connectivity index (χ2n) is 6.89. The number of tetrazole rings is 1. The zero-order chi connectivity index (χ0) is 20.8. The molecule has 0 bridgehead atoms. The number of nitrogens with zero attached hydrogens (tertiary/aromatic N) is 6. The van der Waals surface area contributed by atoms with Gasteiger partial charge < -0.3 is 0 Å². The summed E-state index contributed by atoms with van der Waals surface area (Å²) in [6.07, 6.45) is 4.26. The first kappa shape index (κ1) is 20.0. The number of aromatic nitrogens is 7. The maximum absolute atomic E-state index is 4.72. The first-order valence-electron chi connectivity index (χ1n) is 9.85. The lowest BCUT2D eigenvalue weighted by molar-refractivity contribution is 0.589. The summed E-state index contributed by atoms with van der Waals surface area (Å²) in [6.45, 7) is 4.60. The van der Waals surface area contributed by atoms with Crippen LogP contribution in [0, 0.1) is 0 Å². The van der Waals surface area contributed by atoms with E-state index in [1.807, 2.05) is 29.0 Å². The molecule has 0 aliphatic rings. The molecule has 1 N–H and O–H groups in total. The van der Waals surface area contributed by atoms with E-state index in [4.69, 9.17) is 4.98 Å². The van der Waals surface area contributed by atoms with Crippen LogP contribution in [0.2, 0.25) is 0 Å². The van der Waals surface area contributed by atoms with Crippen molar-refractivity contribution in [3.63, 3.8) is 0 Å². The van der Waals surface area contributed by atoms with Gasteiger partial charge in [0.2, 0.25) is 0 Å². The van der Waals surface area contributed by atoms with Crippen molar-refractivity contribution in [3.8, 4) is 22.5 Å². The van der Waals surface area contributed by atoms with Gasteiger partial charge in [0, 0.05) is 24.9 Å². The van der Waals surface area contributed by atoms with E-state index in [1.54, 1.807) is 0 Å². The largest absolute Gasteiger partial charge is 0.249 e. The van der Waals surface area contributed by atoms with E-state index >= 15 is 0 Å².